The number of hydrogen-bond acceptors (Lipinski definition) is 8. The van der Waals surface area contributed by atoms with E-state index < -0.39 is 27.9 Å². The number of urea groups is 1. The first-order valence-electron chi connectivity index (χ1n) is 20.6. The van der Waals surface area contributed by atoms with Crippen LogP contribution in [0.4, 0.5) is 10.5 Å². The van der Waals surface area contributed by atoms with Gasteiger partial charge in [-0.05, 0) is 116 Å². The molecule has 2 amide bonds. The number of rotatable bonds is 10. The number of allylic oxidation sites excluding steroid dienone is 4. The van der Waals surface area contributed by atoms with Gasteiger partial charge in [-0.1, -0.05) is 50.3 Å². The second kappa shape index (κ2) is 14.0. The molecule has 3 N–H and O–H groups in total. The molecule has 0 aliphatic heterocycles. The molecule has 3 fully saturated rings. The minimum Gasteiger partial charge on any atom is -0.497 e. The summed E-state index contributed by atoms with van der Waals surface area (Å²) < 4.78 is 17.7. The molecule has 3 saturated carbocycles. The monoisotopic (exact) mass is 802 g/mol. The van der Waals surface area contributed by atoms with Crippen molar-refractivity contribution in [2.45, 2.75) is 77.0 Å². The average molecular weight is 803 g/mol. The molecule has 6 aliphatic rings. The normalized spacial score (nSPS) is 33.1. The number of nitrogens with one attached hydrogen (secondary N) is 1. The highest BCUT2D eigenvalue weighted by atomic mass is 32.1. The predicted octanol–water partition coefficient (Wildman–Crippen LogP) is 9.44. The largest absolute Gasteiger partial charge is 0.497 e. The molecule has 2 spiro atoms. The van der Waals surface area contributed by atoms with Crippen molar-refractivity contribution in [1.29, 1.82) is 0 Å². The van der Waals surface area contributed by atoms with Crippen molar-refractivity contribution in [3.05, 3.63) is 107 Å². The number of hydrogen-bond donors (Lipinski definition) is 3. The smallest absolute Gasteiger partial charge is 0.322 e. The first-order chi connectivity index (χ1) is 27.8. The van der Waals surface area contributed by atoms with Crippen LogP contribution in [0.1, 0.15) is 74.0 Å². The molecule has 1 heterocycles. The Balaban J connectivity index is 1.11. The lowest BCUT2D eigenvalue weighted by molar-refractivity contribution is -0.174. The lowest BCUT2D eigenvalue weighted by atomic mass is 9.32. The Bertz CT molecular complexity index is 2300. The molecule has 3 aromatic carbocycles. The third-order valence-electron chi connectivity index (χ3n) is 15.5. The van der Waals surface area contributed by atoms with Gasteiger partial charge in [0, 0.05) is 43.8 Å². The van der Waals surface area contributed by atoms with Gasteiger partial charge < -0.3 is 34.6 Å². The number of benzene rings is 3. The molecule has 0 saturated heterocycles. The number of amides is 2. The van der Waals surface area contributed by atoms with Crippen molar-refractivity contribution < 1.29 is 34.0 Å². The van der Waals surface area contributed by atoms with E-state index in [1.54, 1.807) is 61.8 Å². The summed E-state index contributed by atoms with van der Waals surface area (Å²) in [6.45, 7) is 4.88. The number of carbonyl (C=O) groups excluding carboxylic acids is 2. The van der Waals surface area contributed by atoms with Crippen LogP contribution in [0.3, 0.4) is 0 Å². The summed E-state index contributed by atoms with van der Waals surface area (Å²) in [4.78, 5) is 32.1. The van der Waals surface area contributed by atoms with Crippen molar-refractivity contribution in [2.75, 3.05) is 33.2 Å². The summed E-state index contributed by atoms with van der Waals surface area (Å²) in [6, 6.07) is 22.6. The van der Waals surface area contributed by atoms with E-state index in [0.29, 0.717) is 42.2 Å². The zero-order chi connectivity index (χ0) is 40.7. The minimum absolute atomic E-state index is 0.0591. The molecule has 6 aliphatic carbocycles. The van der Waals surface area contributed by atoms with Crippen LogP contribution in [0.15, 0.2) is 96.6 Å². The second-order valence-corrected chi connectivity index (χ2v) is 19.1. The molecule has 2 bridgehead atoms. The lowest BCUT2D eigenvalue weighted by Gasteiger charge is -2.71. The van der Waals surface area contributed by atoms with E-state index in [2.05, 4.69) is 49.5 Å². The number of carbonyl (C=O) groups is 2. The van der Waals surface area contributed by atoms with Crippen molar-refractivity contribution in [3.8, 4) is 17.2 Å². The number of Topliss-reactive ketones (excluding diaryl/α,β-unsaturated/α-hetero) is 1. The number of anilines is 1. The zero-order valence-electron chi connectivity index (χ0n) is 34.0. The highest BCUT2D eigenvalue weighted by molar-refractivity contribution is 7.21. The van der Waals surface area contributed by atoms with Gasteiger partial charge in [0.15, 0.2) is 5.78 Å². The standard InChI is InChI=1S/C48H54N2O7S/c1-44-19-16-33(51)26-46(44)22-23-48(36(27-46)42(52)39-24-30-8-6-7-9-38(30)58-39)40(44)17-20-45(2)41(48)18-21-47(45,54)29-50(28-31-10-13-35(56-4)25-37(31)57-5)43(53)49-32-11-14-34(55-3)15-12-32/h6-15,22-25,27,33,40-41,51,54H,16-21,26,28-29H2,1-5H3,(H,49,53). The number of nitrogens with zero attached hydrogens (tertiary/aromatic N) is 1. The number of aliphatic hydroxyl groups excluding tert-OH is 1. The van der Waals surface area contributed by atoms with Crippen molar-refractivity contribution in [1.82, 2.24) is 4.90 Å². The van der Waals surface area contributed by atoms with Gasteiger partial charge in [-0.2, -0.15) is 0 Å². The van der Waals surface area contributed by atoms with E-state index in [9.17, 15) is 15.0 Å². The highest BCUT2D eigenvalue weighted by Gasteiger charge is 2.74. The molecular formula is C48H54N2O7S. The van der Waals surface area contributed by atoms with Crippen LogP contribution in [-0.2, 0) is 6.54 Å². The van der Waals surface area contributed by atoms with Crippen molar-refractivity contribution >= 4 is 38.9 Å². The van der Waals surface area contributed by atoms with Gasteiger partial charge in [0.25, 0.3) is 0 Å². The summed E-state index contributed by atoms with van der Waals surface area (Å²) in [6.07, 6.45) is 11.5. The Morgan fingerprint density at radius 1 is 0.845 bits per heavy atom. The highest BCUT2D eigenvalue weighted by Crippen LogP contribution is 2.78. The third-order valence-corrected chi connectivity index (χ3v) is 16.7. The zero-order valence-corrected chi connectivity index (χ0v) is 34.9. The molecule has 8 atom stereocenters. The Labute approximate surface area is 344 Å². The molecule has 9 nitrogen and oxygen atoms in total. The molecule has 10 heteroatoms. The van der Waals surface area contributed by atoms with E-state index in [1.165, 1.54) is 0 Å². The number of thiophene rings is 1. The number of ether oxygens (including phenoxy) is 3. The first kappa shape index (κ1) is 38.9. The van der Waals surface area contributed by atoms with Gasteiger partial charge in [-0.25, -0.2) is 4.79 Å². The first-order valence-corrected chi connectivity index (χ1v) is 21.4. The van der Waals surface area contributed by atoms with Crippen LogP contribution >= 0.6 is 11.3 Å². The van der Waals surface area contributed by atoms with Crippen molar-refractivity contribution in [2.24, 2.45) is 33.5 Å². The van der Waals surface area contributed by atoms with E-state index in [4.69, 9.17) is 14.2 Å². The molecule has 1 aromatic heterocycles. The van der Waals surface area contributed by atoms with E-state index in [-0.39, 0.29) is 42.2 Å². The number of ketones is 1. The summed E-state index contributed by atoms with van der Waals surface area (Å²) in [7, 11) is 4.81. The fourth-order valence-corrected chi connectivity index (χ4v) is 13.4. The number of fused-ring (bicyclic) bond motifs is 2. The molecule has 304 valence electrons. The van der Waals surface area contributed by atoms with Gasteiger partial charge in [-0.15, -0.1) is 11.3 Å². The molecular weight excluding hydrogens is 749 g/mol. The van der Waals surface area contributed by atoms with E-state index in [1.807, 2.05) is 36.4 Å². The van der Waals surface area contributed by atoms with Gasteiger partial charge in [0.2, 0.25) is 0 Å². The third kappa shape index (κ3) is 5.69. The Hall–Kier alpha value is -4.64. The number of methoxy groups -OCH3 is 3. The molecule has 8 unspecified atom stereocenters. The maximum absolute atomic E-state index is 15.2. The Morgan fingerprint density at radius 2 is 1.55 bits per heavy atom. The molecule has 58 heavy (non-hydrogen) atoms. The minimum atomic E-state index is -1.27. The van der Waals surface area contributed by atoms with E-state index in [0.717, 1.165) is 51.8 Å². The summed E-state index contributed by atoms with van der Waals surface area (Å²) in [5.41, 5.74) is -0.880. The Morgan fingerprint density at radius 3 is 2.29 bits per heavy atom. The van der Waals surface area contributed by atoms with Gasteiger partial charge >= 0.3 is 6.03 Å². The number of aliphatic hydroxyl groups is 2. The average Bonchev–Trinajstić information content (AvgIpc) is 3.78. The second-order valence-electron chi connectivity index (χ2n) is 18.0. The maximum atomic E-state index is 15.2. The quantitative estimate of drug-likeness (QED) is 0.108. The predicted molar refractivity (Wildman–Crippen MR) is 227 cm³/mol. The molecule has 0 radical (unpaired) electrons. The lowest BCUT2D eigenvalue weighted by Crippen LogP contribution is -2.67. The van der Waals surface area contributed by atoms with Crippen molar-refractivity contribution in [3.63, 3.8) is 0 Å². The van der Waals surface area contributed by atoms with Crippen LogP contribution in [0.25, 0.3) is 10.1 Å². The van der Waals surface area contributed by atoms with Crippen LogP contribution in [-0.4, -0.2) is 66.5 Å². The topological polar surface area (TPSA) is 118 Å². The molecule has 4 aromatic rings. The summed E-state index contributed by atoms with van der Waals surface area (Å²) in [5.74, 6) is 2.07. The van der Waals surface area contributed by atoms with E-state index >= 15 is 4.79 Å². The maximum Gasteiger partial charge on any atom is 0.322 e. The SMILES string of the molecule is COc1ccc(NC(=O)N(Cc2ccc(OC)cc2OC)CC2(O)CCC3C45C=CC6(C=C4C(=O)c4cc7ccccc7s4)CC(O)CCC6(C)C5CCC32C)cc1. The van der Waals surface area contributed by atoms with Gasteiger partial charge in [-0.3, -0.25) is 4.79 Å². The van der Waals surface area contributed by atoms with Crippen LogP contribution in [0.2, 0.25) is 0 Å². The Kier molecular flexibility index (Phi) is 9.37. The fourth-order valence-electron chi connectivity index (χ4n) is 12.4. The fraction of sp³-hybridized carbons (Fsp3) is 0.458. The summed E-state index contributed by atoms with van der Waals surface area (Å²) in [5, 5.41) is 28.6. The molecule has 10 rings (SSSR count). The van der Waals surface area contributed by atoms with Crippen LogP contribution < -0.4 is 19.5 Å². The van der Waals surface area contributed by atoms with Gasteiger partial charge in [0.1, 0.15) is 17.2 Å². The summed E-state index contributed by atoms with van der Waals surface area (Å²) >= 11 is 1.54. The van der Waals surface area contributed by atoms with Crippen LogP contribution in [0, 0.1) is 33.5 Å². The van der Waals surface area contributed by atoms with Crippen LogP contribution in [0.5, 0.6) is 17.2 Å². The van der Waals surface area contributed by atoms with Gasteiger partial charge in [0.05, 0.1) is 51.0 Å².